The molecule has 2 rings (SSSR count). The van der Waals surface area contributed by atoms with Gasteiger partial charge in [-0.3, -0.25) is 0 Å². The second-order valence-electron chi connectivity index (χ2n) is 4.41. The number of aromatic nitrogens is 1. The van der Waals surface area contributed by atoms with Gasteiger partial charge in [-0.25, -0.2) is 9.78 Å². The summed E-state index contributed by atoms with van der Waals surface area (Å²) < 4.78 is 0. The molecule has 0 saturated carbocycles. The molecule has 2 aromatic rings. The van der Waals surface area contributed by atoms with Crippen LogP contribution < -0.4 is 0 Å². The lowest BCUT2D eigenvalue weighted by atomic mass is 10.3. The first kappa shape index (κ1) is 14.1. The number of aryl methyl sites for hydroxylation is 3. The fourth-order valence-electron chi connectivity index (χ4n) is 1.80. The number of rotatable bonds is 4. The summed E-state index contributed by atoms with van der Waals surface area (Å²) in [6.07, 6.45) is 0. The van der Waals surface area contributed by atoms with Crippen LogP contribution in [0.4, 0.5) is 0 Å². The van der Waals surface area contributed by atoms with E-state index in [0.29, 0.717) is 4.88 Å². The Hall–Kier alpha value is -1.33. The van der Waals surface area contributed by atoms with Gasteiger partial charge in [-0.1, -0.05) is 0 Å². The average molecular weight is 293 g/mol. The van der Waals surface area contributed by atoms with Crippen LogP contribution in [0.5, 0.6) is 0 Å². The van der Waals surface area contributed by atoms with Crippen LogP contribution >= 0.6 is 23.1 Å². The predicted molar refractivity (Wildman–Crippen MR) is 79.3 cm³/mol. The topological polar surface area (TPSA) is 50.2 Å². The van der Waals surface area contributed by atoms with Crippen molar-refractivity contribution in [3.05, 3.63) is 44.8 Å². The van der Waals surface area contributed by atoms with Crippen LogP contribution in [-0.4, -0.2) is 16.1 Å². The Morgan fingerprint density at radius 2 is 2.05 bits per heavy atom. The lowest BCUT2D eigenvalue weighted by molar-refractivity contribution is 0.0702. The minimum absolute atomic E-state index is 0.404. The summed E-state index contributed by atoms with van der Waals surface area (Å²) in [7, 11) is 0. The van der Waals surface area contributed by atoms with E-state index < -0.39 is 5.97 Å². The summed E-state index contributed by atoms with van der Waals surface area (Å²) in [4.78, 5) is 16.9. The smallest absolute Gasteiger partial charge is 0.345 e. The van der Waals surface area contributed by atoms with E-state index in [1.54, 1.807) is 17.8 Å². The first-order chi connectivity index (χ1) is 8.95. The summed E-state index contributed by atoms with van der Waals surface area (Å²) in [5.41, 5.74) is 3.28. The molecule has 0 atom stereocenters. The van der Waals surface area contributed by atoms with Crippen molar-refractivity contribution in [3.63, 3.8) is 0 Å². The number of thiophene rings is 1. The Bertz CT molecular complexity index is 600. The van der Waals surface area contributed by atoms with Gasteiger partial charge in [-0.2, -0.15) is 0 Å². The van der Waals surface area contributed by atoms with Gasteiger partial charge < -0.3 is 5.11 Å². The molecule has 5 heteroatoms. The van der Waals surface area contributed by atoms with Crippen molar-refractivity contribution in [2.75, 3.05) is 0 Å². The van der Waals surface area contributed by atoms with E-state index in [1.165, 1.54) is 16.9 Å². The highest BCUT2D eigenvalue weighted by Gasteiger charge is 2.11. The van der Waals surface area contributed by atoms with Gasteiger partial charge in [-0.05, 0) is 50.1 Å². The second-order valence-corrected chi connectivity index (χ2v) is 6.66. The number of carboxylic acid groups (broad SMARTS) is 1. The molecule has 100 valence electrons. The second kappa shape index (κ2) is 5.75. The number of thioether (sulfide) groups is 1. The van der Waals surface area contributed by atoms with Crippen molar-refractivity contribution in [1.82, 2.24) is 4.98 Å². The Kier molecular flexibility index (Phi) is 4.27. The summed E-state index contributed by atoms with van der Waals surface area (Å²) in [6.45, 7) is 5.99. The number of nitrogens with zero attached hydrogens (tertiary/aromatic N) is 1. The van der Waals surface area contributed by atoms with Crippen molar-refractivity contribution >= 4 is 29.1 Å². The molecule has 2 aromatic heterocycles. The summed E-state index contributed by atoms with van der Waals surface area (Å²) in [6, 6.07) is 5.86. The van der Waals surface area contributed by atoms with E-state index >= 15 is 0 Å². The molecule has 0 aliphatic heterocycles. The Labute approximate surface area is 120 Å². The maximum atomic E-state index is 10.9. The zero-order chi connectivity index (χ0) is 14.0. The van der Waals surface area contributed by atoms with Crippen LogP contribution in [0.25, 0.3) is 0 Å². The van der Waals surface area contributed by atoms with Crippen LogP contribution in [0.1, 0.15) is 31.4 Å². The molecule has 0 saturated heterocycles. The Balaban J connectivity index is 2.12. The van der Waals surface area contributed by atoms with Crippen molar-refractivity contribution in [3.8, 4) is 0 Å². The first-order valence-corrected chi connectivity index (χ1v) is 7.66. The quantitative estimate of drug-likeness (QED) is 0.864. The van der Waals surface area contributed by atoms with Gasteiger partial charge in [-0.15, -0.1) is 23.1 Å². The third kappa shape index (κ3) is 3.58. The van der Waals surface area contributed by atoms with Crippen LogP contribution in [0, 0.1) is 20.8 Å². The average Bonchev–Trinajstić information content (AvgIpc) is 2.67. The number of aromatic carboxylic acids is 1. The summed E-state index contributed by atoms with van der Waals surface area (Å²) in [5, 5.41) is 9.96. The maximum absolute atomic E-state index is 10.9. The van der Waals surface area contributed by atoms with Crippen LogP contribution in [-0.2, 0) is 5.75 Å². The summed E-state index contributed by atoms with van der Waals surface area (Å²) in [5.74, 6) is -0.0974. The number of hydrogen-bond donors (Lipinski definition) is 1. The number of carboxylic acids is 1. The van der Waals surface area contributed by atoms with Crippen molar-refractivity contribution < 1.29 is 9.90 Å². The molecule has 0 unspecified atom stereocenters. The molecule has 1 N–H and O–H groups in total. The zero-order valence-corrected chi connectivity index (χ0v) is 12.7. The minimum atomic E-state index is -0.853. The Morgan fingerprint density at radius 3 is 2.63 bits per heavy atom. The zero-order valence-electron chi connectivity index (χ0n) is 11.1. The van der Waals surface area contributed by atoms with Gasteiger partial charge in [0, 0.05) is 16.3 Å². The summed E-state index contributed by atoms with van der Waals surface area (Å²) >= 11 is 2.97. The van der Waals surface area contributed by atoms with Crippen molar-refractivity contribution in [2.45, 2.75) is 31.6 Å². The van der Waals surface area contributed by atoms with Gasteiger partial charge in [0.25, 0.3) is 0 Å². The highest BCUT2D eigenvalue weighted by molar-refractivity contribution is 7.98. The van der Waals surface area contributed by atoms with Gasteiger partial charge in [0.05, 0.1) is 5.03 Å². The van der Waals surface area contributed by atoms with Gasteiger partial charge in [0.1, 0.15) is 4.88 Å². The SMILES string of the molecule is Cc1cc(C)nc(SCc2cc(C(=O)O)sc2C)c1. The van der Waals surface area contributed by atoms with Crippen LogP contribution in [0.3, 0.4) is 0 Å². The van der Waals surface area contributed by atoms with Crippen molar-refractivity contribution in [1.29, 1.82) is 0 Å². The first-order valence-electron chi connectivity index (χ1n) is 5.86. The maximum Gasteiger partial charge on any atom is 0.345 e. The molecule has 0 aromatic carbocycles. The van der Waals surface area contributed by atoms with Crippen LogP contribution in [0.15, 0.2) is 23.2 Å². The fraction of sp³-hybridized carbons (Fsp3) is 0.286. The molecule has 0 spiro atoms. The standard InChI is InChI=1S/C14H15NO2S2/c1-8-4-9(2)15-13(5-8)18-7-11-6-12(14(16)17)19-10(11)3/h4-6H,7H2,1-3H3,(H,16,17). The normalized spacial score (nSPS) is 10.7. The highest BCUT2D eigenvalue weighted by atomic mass is 32.2. The third-order valence-electron chi connectivity index (χ3n) is 2.68. The van der Waals surface area contributed by atoms with Gasteiger partial charge >= 0.3 is 5.97 Å². The van der Waals surface area contributed by atoms with E-state index in [2.05, 4.69) is 18.0 Å². The molecular weight excluding hydrogens is 278 g/mol. The largest absolute Gasteiger partial charge is 0.477 e. The molecular formula is C14H15NO2S2. The fourth-order valence-corrected chi connectivity index (χ4v) is 3.85. The lowest BCUT2D eigenvalue weighted by Gasteiger charge is -2.03. The highest BCUT2D eigenvalue weighted by Crippen LogP contribution is 2.28. The molecule has 0 fully saturated rings. The molecule has 0 aliphatic rings. The molecule has 0 radical (unpaired) electrons. The van der Waals surface area contributed by atoms with E-state index in [-0.39, 0.29) is 0 Å². The monoisotopic (exact) mass is 293 g/mol. The van der Waals surface area contributed by atoms with Crippen LogP contribution in [0.2, 0.25) is 0 Å². The van der Waals surface area contributed by atoms with Gasteiger partial charge in [0.2, 0.25) is 0 Å². The minimum Gasteiger partial charge on any atom is -0.477 e. The lowest BCUT2D eigenvalue weighted by Crippen LogP contribution is -1.90. The van der Waals surface area contributed by atoms with E-state index in [1.807, 2.05) is 19.9 Å². The molecule has 19 heavy (non-hydrogen) atoms. The molecule has 0 aliphatic carbocycles. The third-order valence-corrected chi connectivity index (χ3v) is 4.72. The Morgan fingerprint density at radius 1 is 1.32 bits per heavy atom. The van der Waals surface area contributed by atoms with E-state index in [4.69, 9.17) is 5.11 Å². The number of carbonyl (C=O) groups is 1. The van der Waals surface area contributed by atoms with Gasteiger partial charge in [0.15, 0.2) is 0 Å². The predicted octanol–water partition coefficient (Wildman–Crippen LogP) is 4.06. The number of hydrogen-bond acceptors (Lipinski definition) is 4. The van der Waals surface area contributed by atoms with E-state index in [0.717, 1.165) is 26.9 Å². The molecule has 2 heterocycles. The molecule has 3 nitrogen and oxygen atoms in total. The number of pyridine rings is 1. The van der Waals surface area contributed by atoms with Crippen molar-refractivity contribution in [2.24, 2.45) is 0 Å². The molecule has 0 amide bonds. The van der Waals surface area contributed by atoms with E-state index in [9.17, 15) is 4.79 Å². The molecule has 0 bridgehead atoms.